The highest BCUT2D eigenvalue weighted by Gasteiger charge is 2.14. The van der Waals surface area contributed by atoms with Gasteiger partial charge in [-0.15, -0.1) is 11.3 Å². The molecular weight excluding hydrogens is 296 g/mol. The van der Waals surface area contributed by atoms with Crippen LogP contribution in [0.15, 0.2) is 15.2 Å². The Morgan fingerprint density at radius 3 is 2.88 bits per heavy atom. The van der Waals surface area contributed by atoms with E-state index < -0.39 is 0 Å². The van der Waals surface area contributed by atoms with Crippen LogP contribution in [0.5, 0.6) is 0 Å². The van der Waals surface area contributed by atoms with E-state index in [0.717, 1.165) is 19.0 Å². The first-order valence-corrected chi connectivity index (χ1v) is 8.07. The molecule has 1 fully saturated rings. The SMILES string of the molecule is CC1CCN(CCNCc2csc(Br)c2)CC1. The third kappa shape index (κ3) is 4.70. The van der Waals surface area contributed by atoms with Gasteiger partial charge in [0.15, 0.2) is 0 Å². The average molecular weight is 317 g/mol. The lowest BCUT2D eigenvalue weighted by Gasteiger charge is -2.30. The van der Waals surface area contributed by atoms with Crippen LogP contribution in [0, 0.1) is 5.92 Å². The van der Waals surface area contributed by atoms with E-state index >= 15 is 0 Å². The molecular formula is C13H21BrN2S. The summed E-state index contributed by atoms with van der Waals surface area (Å²) in [4.78, 5) is 2.58. The number of thiophene rings is 1. The summed E-state index contributed by atoms with van der Waals surface area (Å²) in [6.45, 7) is 8.22. The number of rotatable bonds is 5. The van der Waals surface area contributed by atoms with E-state index in [2.05, 4.69) is 44.5 Å². The summed E-state index contributed by atoms with van der Waals surface area (Å²) in [5, 5.41) is 5.73. The number of halogens is 1. The summed E-state index contributed by atoms with van der Waals surface area (Å²) in [6.07, 6.45) is 2.74. The number of nitrogens with one attached hydrogen (secondary N) is 1. The number of nitrogens with zero attached hydrogens (tertiary/aromatic N) is 1. The van der Waals surface area contributed by atoms with Crippen molar-refractivity contribution in [3.8, 4) is 0 Å². The molecule has 1 N–H and O–H groups in total. The Morgan fingerprint density at radius 2 is 2.24 bits per heavy atom. The molecule has 0 saturated carbocycles. The normalized spacial score (nSPS) is 18.7. The second-order valence-corrected chi connectivity index (χ2v) is 7.25. The van der Waals surface area contributed by atoms with Crippen LogP contribution in [0.2, 0.25) is 0 Å². The minimum Gasteiger partial charge on any atom is -0.311 e. The molecule has 17 heavy (non-hydrogen) atoms. The van der Waals surface area contributed by atoms with Gasteiger partial charge < -0.3 is 10.2 Å². The van der Waals surface area contributed by atoms with Gasteiger partial charge in [-0.25, -0.2) is 0 Å². The lowest BCUT2D eigenvalue weighted by molar-refractivity contribution is 0.193. The van der Waals surface area contributed by atoms with E-state index in [9.17, 15) is 0 Å². The van der Waals surface area contributed by atoms with E-state index in [4.69, 9.17) is 0 Å². The number of hydrogen-bond donors (Lipinski definition) is 1. The quantitative estimate of drug-likeness (QED) is 0.838. The summed E-state index contributed by atoms with van der Waals surface area (Å²) in [6, 6.07) is 2.19. The van der Waals surface area contributed by atoms with Crippen molar-refractivity contribution >= 4 is 27.3 Å². The Morgan fingerprint density at radius 1 is 1.47 bits per heavy atom. The molecule has 0 radical (unpaired) electrons. The summed E-state index contributed by atoms with van der Waals surface area (Å²) < 4.78 is 1.22. The van der Waals surface area contributed by atoms with Crippen LogP contribution >= 0.6 is 27.3 Å². The highest BCUT2D eigenvalue weighted by atomic mass is 79.9. The molecule has 0 aliphatic carbocycles. The van der Waals surface area contributed by atoms with E-state index in [-0.39, 0.29) is 0 Å². The molecule has 4 heteroatoms. The predicted octanol–water partition coefficient (Wildman–Crippen LogP) is 3.33. The Kier molecular flexibility index (Phi) is 5.48. The minimum atomic E-state index is 0.933. The lowest BCUT2D eigenvalue weighted by Crippen LogP contribution is -2.37. The summed E-state index contributed by atoms with van der Waals surface area (Å²) in [5.41, 5.74) is 1.38. The fraction of sp³-hybridized carbons (Fsp3) is 0.692. The van der Waals surface area contributed by atoms with Crippen LogP contribution in [0.4, 0.5) is 0 Å². The fourth-order valence-corrected chi connectivity index (χ4v) is 3.40. The van der Waals surface area contributed by atoms with Crippen molar-refractivity contribution in [1.29, 1.82) is 0 Å². The third-order valence-electron chi connectivity index (χ3n) is 3.43. The molecule has 2 rings (SSSR count). The smallest absolute Gasteiger partial charge is 0.0701 e. The standard InChI is InChI=1S/C13H21BrN2S/c1-11-2-5-16(6-3-11)7-4-15-9-12-8-13(14)17-10-12/h8,10-11,15H,2-7,9H2,1H3. The molecule has 0 spiro atoms. The molecule has 0 amide bonds. The highest BCUT2D eigenvalue weighted by molar-refractivity contribution is 9.11. The maximum Gasteiger partial charge on any atom is 0.0701 e. The molecule has 2 heterocycles. The molecule has 0 bridgehead atoms. The van der Waals surface area contributed by atoms with Crippen molar-refractivity contribution in [2.75, 3.05) is 26.2 Å². The topological polar surface area (TPSA) is 15.3 Å². The number of piperidine rings is 1. The Labute approximate surface area is 117 Å². The molecule has 0 aromatic carbocycles. The predicted molar refractivity (Wildman–Crippen MR) is 78.6 cm³/mol. The lowest BCUT2D eigenvalue weighted by atomic mass is 9.99. The van der Waals surface area contributed by atoms with Gasteiger partial charge in [0.1, 0.15) is 0 Å². The van der Waals surface area contributed by atoms with Crippen molar-refractivity contribution in [2.45, 2.75) is 26.3 Å². The highest BCUT2D eigenvalue weighted by Crippen LogP contribution is 2.20. The van der Waals surface area contributed by atoms with Gasteiger partial charge in [-0.2, -0.15) is 0 Å². The molecule has 1 saturated heterocycles. The molecule has 2 nitrogen and oxygen atoms in total. The molecule has 0 atom stereocenters. The number of likely N-dealkylation sites (tertiary alicyclic amines) is 1. The summed E-state index contributed by atoms with van der Waals surface area (Å²) in [5.74, 6) is 0.933. The van der Waals surface area contributed by atoms with E-state index in [1.165, 1.54) is 41.8 Å². The fourth-order valence-electron chi connectivity index (χ4n) is 2.19. The first-order chi connectivity index (χ1) is 8.24. The van der Waals surface area contributed by atoms with Crippen LogP contribution < -0.4 is 5.32 Å². The van der Waals surface area contributed by atoms with Gasteiger partial charge in [-0.1, -0.05) is 6.92 Å². The van der Waals surface area contributed by atoms with Gasteiger partial charge >= 0.3 is 0 Å². The molecule has 0 unspecified atom stereocenters. The van der Waals surface area contributed by atoms with Crippen LogP contribution in [0.25, 0.3) is 0 Å². The Balaban J connectivity index is 1.57. The van der Waals surface area contributed by atoms with Crippen LogP contribution in [-0.2, 0) is 6.54 Å². The zero-order valence-electron chi connectivity index (χ0n) is 10.4. The van der Waals surface area contributed by atoms with Crippen LogP contribution in [0.1, 0.15) is 25.3 Å². The average Bonchev–Trinajstić information content (AvgIpc) is 2.73. The van der Waals surface area contributed by atoms with Gasteiger partial charge in [0.05, 0.1) is 3.79 Å². The molecule has 1 aromatic rings. The molecule has 96 valence electrons. The van der Waals surface area contributed by atoms with Gasteiger partial charge in [0.25, 0.3) is 0 Å². The molecule has 1 aliphatic heterocycles. The molecule has 1 aromatic heterocycles. The minimum absolute atomic E-state index is 0.933. The van der Waals surface area contributed by atoms with Gasteiger partial charge in [-0.05, 0) is 64.8 Å². The van der Waals surface area contributed by atoms with E-state index in [1.807, 2.05) is 0 Å². The van der Waals surface area contributed by atoms with Crippen molar-refractivity contribution in [1.82, 2.24) is 10.2 Å². The number of hydrogen-bond acceptors (Lipinski definition) is 3. The summed E-state index contributed by atoms with van der Waals surface area (Å²) in [7, 11) is 0. The maximum absolute atomic E-state index is 3.52. The maximum atomic E-state index is 3.52. The van der Waals surface area contributed by atoms with Gasteiger partial charge in [0.2, 0.25) is 0 Å². The zero-order chi connectivity index (χ0) is 12.1. The van der Waals surface area contributed by atoms with Crippen LogP contribution in [0.3, 0.4) is 0 Å². The largest absolute Gasteiger partial charge is 0.311 e. The third-order valence-corrected chi connectivity index (χ3v) is 4.99. The van der Waals surface area contributed by atoms with Gasteiger partial charge in [0, 0.05) is 19.6 Å². The van der Waals surface area contributed by atoms with Crippen molar-refractivity contribution < 1.29 is 0 Å². The van der Waals surface area contributed by atoms with Crippen molar-refractivity contribution in [3.05, 3.63) is 20.8 Å². The summed E-state index contributed by atoms with van der Waals surface area (Å²) >= 11 is 5.25. The van der Waals surface area contributed by atoms with Crippen LogP contribution in [-0.4, -0.2) is 31.1 Å². The van der Waals surface area contributed by atoms with E-state index in [1.54, 1.807) is 11.3 Å². The zero-order valence-corrected chi connectivity index (χ0v) is 12.8. The molecule has 1 aliphatic rings. The Bertz CT molecular complexity index is 332. The second-order valence-electron chi connectivity index (χ2n) is 4.96. The second kappa shape index (κ2) is 6.88. The van der Waals surface area contributed by atoms with E-state index in [0.29, 0.717) is 0 Å². The van der Waals surface area contributed by atoms with Crippen molar-refractivity contribution in [3.63, 3.8) is 0 Å². The van der Waals surface area contributed by atoms with Crippen molar-refractivity contribution in [2.24, 2.45) is 5.92 Å². The Hall–Kier alpha value is 0.100. The van der Waals surface area contributed by atoms with Gasteiger partial charge in [-0.3, -0.25) is 0 Å². The first kappa shape index (κ1) is 13.5. The monoisotopic (exact) mass is 316 g/mol. The first-order valence-electron chi connectivity index (χ1n) is 6.40.